The van der Waals surface area contributed by atoms with Gasteiger partial charge in [-0.2, -0.15) is 0 Å². The molecule has 4 rings (SSSR count). The Labute approximate surface area is 161 Å². The minimum Gasteiger partial charge on any atom is -0.355 e. The summed E-state index contributed by atoms with van der Waals surface area (Å²) in [6.45, 7) is 0.769. The normalized spacial score (nSPS) is 29.4. The van der Waals surface area contributed by atoms with Crippen molar-refractivity contribution in [2.45, 2.75) is 68.9 Å². The molecule has 2 unspecified atom stereocenters. The highest BCUT2D eigenvalue weighted by Crippen LogP contribution is 2.43. The summed E-state index contributed by atoms with van der Waals surface area (Å²) in [7, 11) is 0. The van der Waals surface area contributed by atoms with Gasteiger partial charge in [-0.15, -0.1) is 12.4 Å². The predicted octanol–water partition coefficient (Wildman–Crippen LogP) is 4.22. The number of nitrogens with one attached hydrogen (secondary N) is 2. The number of halogens is 2. The zero-order valence-corrected chi connectivity index (χ0v) is 16.2. The summed E-state index contributed by atoms with van der Waals surface area (Å²) in [5, 5.41) is 7.67. The van der Waals surface area contributed by atoms with Gasteiger partial charge >= 0.3 is 0 Å². The summed E-state index contributed by atoms with van der Waals surface area (Å²) in [6, 6.07) is 9.49. The molecule has 2 N–H and O–H groups in total. The second-order valence-corrected chi connectivity index (χ2v) is 8.53. The summed E-state index contributed by atoms with van der Waals surface area (Å²) in [6.07, 6.45) is 9.20. The number of hydrogen-bond acceptors (Lipinski definition) is 2. The first-order valence-corrected chi connectivity index (χ1v) is 9.80. The molecule has 138 valence electrons. The van der Waals surface area contributed by atoms with Gasteiger partial charge in [0.2, 0.25) is 5.91 Å². The molecule has 0 aromatic heterocycles. The van der Waals surface area contributed by atoms with Gasteiger partial charge in [0.25, 0.3) is 0 Å². The van der Waals surface area contributed by atoms with Gasteiger partial charge in [-0.3, -0.25) is 4.79 Å². The zero-order valence-electron chi connectivity index (χ0n) is 14.6. The number of benzene rings is 1. The summed E-state index contributed by atoms with van der Waals surface area (Å²) in [5.41, 5.74) is 1.45. The predicted molar refractivity (Wildman–Crippen MR) is 105 cm³/mol. The lowest BCUT2D eigenvalue weighted by molar-refractivity contribution is -0.122. The molecule has 2 bridgehead atoms. The van der Waals surface area contributed by atoms with E-state index in [1.807, 2.05) is 12.1 Å². The van der Waals surface area contributed by atoms with Gasteiger partial charge in [0.05, 0.1) is 0 Å². The highest BCUT2D eigenvalue weighted by atomic mass is 35.5. The van der Waals surface area contributed by atoms with Crippen molar-refractivity contribution in [1.29, 1.82) is 0 Å². The number of carbonyl (C=O) groups is 1. The third-order valence-corrected chi connectivity index (χ3v) is 6.69. The monoisotopic (exact) mass is 382 g/mol. The average Bonchev–Trinajstić information content (AvgIpc) is 2.86. The number of fused-ring (bicyclic) bond motifs is 2. The van der Waals surface area contributed by atoms with E-state index in [9.17, 15) is 4.79 Å². The molecule has 0 radical (unpaired) electrons. The highest BCUT2D eigenvalue weighted by Gasteiger charge is 2.39. The van der Waals surface area contributed by atoms with E-state index in [2.05, 4.69) is 22.8 Å². The smallest absolute Gasteiger partial charge is 0.220 e. The first kappa shape index (κ1) is 19.0. The summed E-state index contributed by atoms with van der Waals surface area (Å²) < 4.78 is 0. The number of carbonyl (C=O) groups excluding carboxylic acids is 1. The molecule has 3 aliphatic rings. The Morgan fingerprint density at radius 3 is 2.36 bits per heavy atom. The number of piperidine rings is 1. The van der Waals surface area contributed by atoms with Gasteiger partial charge in [-0.05, 0) is 62.1 Å². The lowest BCUT2D eigenvalue weighted by atomic mass is 9.64. The van der Waals surface area contributed by atoms with Crippen LogP contribution in [-0.2, 0) is 10.2 Å². The van der Waals surface area contributed by atoms with Crippen molar-refractivity contribution in [2.75, 3.05) is 6.54 Å². The fourth-order valence-corrected chi connectivity index (χ4v) is 5.04. The van der Waals surface area contributed by atoms with Crippen LogP contribution in [0.25, 0.3) is 0 Å². The molecule has 25 heavy (non-hydrogen) atoms. The molecule has 1 aromatic carbocycles. The Kier molecular flexibility index (Phi) is 5.97. The van der Waals surface area contributed by atoms with Crippen LogP contribution in [0, 0.1) is 5.92 Å². The summed E-state index contributed by atoms with van der Waals surface area (Å²) in [4.78, 5) is 12.5. The molecule has 1 saturated carbocycles. The largest absolute Gasteiger partial charge is 0.355 e. The van der Waals surface area contributed by atoms with E-state index in [1.54, 1.807) is 0 Å². The molecule has 3 nitrogen and oxygen atoms in total. The van der Waals surface area contributed by atoms with Gasteiger partial charge in [0.1, 0.15) is 0 Å². The molecule has 1 aliphatic carbocycles. The lowest BCUT2D eigenvalue weighted by Crippen LogP contribution is -2.46. The van der Waals surface area contributed by atoms with Crippen LogP contribution in [0.2, 0.25) is 5.02 Å². The zero-order chi connectivity index (χ0) is 16.6. The van der Waals surface area contributed by atoms with Crippen molar-refractivity contribution in [3.05, 3.63) is 34.9 Å². The quantitative estimate of drug-likeness (QED) is 0.799. The Hall–Kier alpha value is -0.770. The Bertz CT molecular complexity index is 588. The molecule has 1 amide bonds. The van der Waals surface area contributed by atoms with Crippen LogP contribution in [0.15, 0.2) is 24.3 Å². The molecule has 2 atom stereocenters. The maximum Gasteiger partial charge on any atom is 0.220 e. The highest BCUT2D eigenvalue weighted by molar-refractivity contribution is 6.30. The molecular weight excluding hydrogens is 355 g/mol. The Balaban J connectivity index is 0.00000182. The second-order valence-electron chi connectivity index (χ2n) is 8.10. The van der Waals surface area contributed by atoms with Crippen molar-refractivity contribution in [3.8, 4) is 0 Å². The van der Waals surface area contributed by atoms with Crippen LogP contribution in [0.1, 0.15) is 56.9 Å². The topological polar surface area (TPSA) is 41.1 Å². The van der Waals surface area contributed by atoms with Crippen molar-refractivity contribution < 1.29 is 4.79 Å². The average molecular weight is 383 g/mol. The first-order valence-electron chi connectivity index (χ1n) is 9.42. The Morgan fingerprint density at radius 2 is 1.80 bits per heavy atom. The van der Waals surface area contributed by atoms with E-state index in [4.69, 9.17) is 11.6 Å². The van der Waals surface area contributed by atoms with Crippen LogP contribution in [0.3, 0.4) is 0 Å². The van der Waals surface area contributed by atoms with Crippen molar-refractivity contribution >= 4 is 29.9 Å². The van der Waals surface area contributed by atoms with Crippen LogP contribution >= 0.6 is 24.0 Å². The molecule has 1 aromatic rings. The minimum absolute atomic E-state index is 0. The molecular formula is C20H28Cl2N2O. The molecule has 0 spiro atoms. The molecule has 2 heterocycles. The molecule has 5 heteroatoms. The maximum atomic E-state index is 12.5. The number of amides is 1. The third-order valence-electron chi connectivity index (χ3n) is 6.44. The van der Waals surface area contributed by atoms with Crippen LogP contribution in [0.5, 0.6) is 0 Å². The van der Waals surface area contributed by atoms with Crippen molar-refractivity contribution in [1.82, 2.24) is 10.6 Å². The van der Waals surface area contributed by atoms with E-state index < -0.39 is 0 Å². The van der Waals surface area contributed by atoms with E-state index in [0.29, 0.717) is 24.4 Å². The molecule has 3 fully saturated rings. The number of hydrogen-bond donors (Lipinski definition) is 2. The number of rotatable bonds is 5. The van der Waals surface area contributed by atoms with Crippen LogP contribution < -0.4 is 10.6 Å². The van der Waals surface area contributed by atoms with E-state index in [-0.39, 0.29) is 23.7 Å². The van der Waals surface area contributed by atoms with Gasteiger partial charge in [0.15, 0.2) is 0 Å². The van der Waals surface area contributed by atoms with E-state index >= 15 is 0 Å². The molecule has 2 aliphatic heterocycles. The maximum absolute atomic E-state index is 12.5. The van der Waals surface area contributed by atoms with E-state index in [0.717, 1.165) is 24.4 Å². The molecule has 2 saturated heterocycles. The van der Waals surface area contributed by atoms with Gasteiger partial charge in [0, 0.05) is 35.5 Å². The van der Waals surface area contributed by atoms with Crippen LogP contribution in [-0.4, -0.2) is 24.5 Å². The third kappa shape index (κ3) is 4.15. The van der Waals surface area contributed by atoms with Gasteiger partial charge in [-0.25, -0.2) is 0 Å². The van der Waals surface area contributed by atoms with Crippen LogP contribution in [0.4, 0.5) is 0 Å². The first-order chi connectivity index (χ1) is 11.6. The standard InChI is InChI=1S/C20H27ClN2O.ClH/c21-16-4-2-15(3-5-16)20(8-1-9-20)13-22-19(24)12-14-10-17-6-7-18(11-14)23-17;/h2-5,14,17-18,23H,1,6-13H2,(H,22,24);1H. The fourth-order valence-electron chi connectivity index (χ4n) is 4.92. The van der Waals surface area contributed by atoms with Gasteiger partial charge < -0.3 is 10.6 Å². The SMILES string of the molecule is Cl.O=C(CC1CC2CCC(C1)N2)NCC1(c2ccc(Cl)cc2)CCC1. The summed E-state index contributed by atoms with van der Waals surface area (Å²) in [5.74, 6) is 0.804. The van der Waals surface area contributed by atoms with Gasteiger partial charge in [-0.1, -0.05) is 30.2 Å². The fraction of sp³-hybridized carbons (Fsp3) is 0.650. The summed E-state index contributed by atoms with van der Waals surface area (Å²) >= 11 is 6.01. The second kappa shape index (κ2) is 7.85. The Morgan fingerprint density at radius 1 is 1.16 bits per heavy atom. The minimum atomic E-state index is 0. The van der Waals surface area contributed by atoms with Crippen molar-refractivity contribution in [2.24, 2.45) is 5.92 Å². The lowest BCUT2D eigenvalue weighted by Gasteiger charge is -2.42. The van der Waals surface area contributed by atoms with E-state index in [1.165, 1.54) is 37.7 Å². The van der Waals surface area contributed by atoms with Crippen molar-refractivity contribution in [3.63, 3.8) is 0 Å².